The van der Waals surface area contributed by atoms with Crippen LogP contribution in [0.25, 0.3) is 0 Å². The summed E-state index contributed by atoms with van der Waals surface area (Å²) in [6, 6.07) is 7.92. The van der Waals surface area contributed by atoms with E-state index in [4.69, 9.17) is 5.11 Å². The molecular formula is C12H16ClNO2. The predicted molar refractivity (Wildman–Crippen MR) is 65.4 cm³/mol. The molecule has 3 nitrogen and oxygen atoms in total. The van der Waals surface area contributed by atoms with Crippen LogP contribution in [-0.2, 0) is 4.79 Å². The second-order valence-electron chi connectivity index (χ2n) is 4.09. The highest BCUT2D eigenvalue weighted by Gasteiger charge is 2.20. The summed E-state index contributed by atoms with van der Waals surface area (Å²) in [4.78, 5) is 10.9. The van der Waals surface area contributed by atoms with Crippen molar-refractivity contribution in [1.29, 1.82) is 0 Å². The molecule has 1 saturated heterocycles. The SMILES string of the molecule is CC(C(=O)O)c1cccc(C2CNC2)c1.Cl. The van der Waals surface area contributed by atoms with Gasteiger partial charge >= 0.3 is 5.97 Å². The van der Waals surface area contributed by atoms with E-state index in [2.05, 4.69) is 11.4 Å². The van der Waals surface area contributed by atoms with E-state index in [1.807, 2.05) is 18.2 Å². The Hall–Kier alpha value is -1.06. The Labute approximate surface area is 101 Å². The Kier molecular flexibility index (Phi) is 4.33. The van der Waals surface area contributed by atoms with Gasteiger partial charge in [-0.05, 0) is 18.1 Å². The summed E-state index contributed by atoms with van der Waals surface area (Å²) >= 11 is 0. The molecule has 0 bridgehead atoms. The Morgan fingerprint density at radius 3 is 2.69 bits per heavy atom. The standard InChI is InChI=1S/C12H15NO2.ClH/c1-8(12(14)15)9-3-2-4-10(5-9)11-6-13-7-11;/h2-5,8,11,13H,6-7H2,1H3,(H,14,15);1H. The second kappa shape index (κ2) is 5.32. The van der Waals surface area contributed by atoms with Gasteiger partial charge in [-0.3, -0.25) is 4.79 Å². The zero-order chi connectivity index (χ0) is 10.8. The highest BCUT2D eigenvalue weighted by Crippen LogP contribution is 2.24. The van der Waals surface area contributed by atoms with Gasteiger partial charge in [0.25, 0.3) is 0 Å². The molecule has 1 aliphatic heterocycles. The summed E-state index contributed by atoms with van der Waals surface area (Å²) in [6.07, 6.45) is 0. The molecule has 2 N–H and O–H groups in total. The van der Waals surface area contributed by atoms with Gasteiger partial charge in [0.1, 0.15) is 0 Å². The summed E-state index contributed by atoms with van der Waals surface area (Å²) in [5, 5.41) is 12.1. The fourth-order valence-corrected chi connectivity index (χ4v) is 1.75. The van der Waals surface area contributed by atoms with Crippen molar-refractivity contribution in [3.63, 3.8) is 0 Å². The first kappa shape index (κ1) is 13.0. The molecule has 1 aromatic rings. The molecule has 0 amide bonds. The monoisotopic (exact) mass is 241 g/mol. The van der Waals surface area contributed by atoms with Crippen molar-refractivity contribution >= 4 is 18.4 Å². The number of nitrogens with one attached hydrogen (secondary N) is 1. The van der Waals surface area contributed by atoms with E-state index >= 15 is 0 Å². The van der Waals surface area contributed by atoms with E-state index in [-0.39, 0.29) is 12.4 Å². The summed E-state index contributed by atoms with van der Waals surface area (Å²) in [5.41, 5.74) is 2.14. The van der Waals surface area contributed by atoms with Crippen LogP contribution < -0.4 is 5.32 Å². The van der Waals surface area contributed by atoms with Crippen molar-refractivity contribution in [3.8, 4) is 0 Å². The van der Waals surface area contributed by atoms with E-state index < -0.39 is 11.9 Å². The van der Waals surface area contributed by atoms with Gasteiger partial charge in [-0.2, -0.15) is 0 Å². The summed E-state index contributed by atoms with van der Waals surface area (Å²) in [6.45, 7) is 3.73. The van der Waals surface area contributed by atoms with Gasteiger partial charge in [0.05, 0.1) is 5.92 Å². The summed E-state index contributed by atoms with van der Waals surface area (Å²) in [7, 11) is 0. The van der Waals surface area contributed by atoms with E-state index in [9.17, 15) is 4.79 Å². The number of hydrogen-bond acceptors (Lipinski definition) is 2. The molecule has 1 unspecified atom stereocenters. The number of carbonyl (C=O) groups is 1. The van der Waals surface area contributed by atoms with Gasteiger partial charge in [-0.1, -0.05) is 24.3 Å². The minimum absolute atomic E-state index is 0. The minimum atomic E-state index is -0.765. The number of hydrogen-bond donors (Lipinski definition) is 2. The van der Waals surface area contributed by atoms with Crippen molar-refractivity contribution in [2.24, 2.45) is 0 Å². The third kappa shape index (κ3) is 2.54. The molecule has 16 heavy (non-hydrogen) atoms. The lowest BCUT2D eigenvalue weighted by Gasteiger charge is -2.28. The van der Waals surface area contributed by atoms with E-state index in [1.54, 1.807) is 6.92 Å². The average Bonchev–Trinajstić information content (AvgIpc) is 2.14. The first-order chi connectivity index (χ1) is 7.18. The predicted octanol–water partition coefficient (Wildman–Crippen LogP) is 1.98. The number of aliphatic carboxylic acids is 1. The molecule has 1 fully saturated rings. The third-order valence-electron chi connectivity index (χ3n) is 3.03. The quantitative estimate of drug-likeness (QED) is 0.851. The lowest BCUT2D eigenvalue weighted by atomic mass is 9.90. The van der Waals surface area contributed by atoms with Gasteiger partial charge in [-0.25, -0.2) is 0 Å². The van der Waals surface area contributed by atoms with Crippen LogP contribution in [0.5, 0.6) is 0 Å². The van der Waals surface area contributed by atoms with Crippen LogP contribution in [0, 0.1) is 0 Å². The fraction of sp³-hybridized carbons (Fsp3) is 0.417. The highest BCUT2D eigenvalue weighted by atomic mass is 35.5. The van der Waals surface area contributed by atoms with Gasteiger partial charge in [0, 0.05) is 19.0 Å². The molecule has 1 aromatic carbocycles. The zero-order valence-corrected chi connectivity index (χ0v) is 9.96. The van der Waals surface area contributed by atoms with Crippen molar-refractivity contribution in [1.82, 2.24) is 5.32 Å². The number of halogens is 1. The number of carboxylic acids is 1. The van der Waals surface area contributed by atoms with Gasteiger partial charge in [-0.15, -0.1) is 12.4 Å². The van der Waals surface area contributed by atoms with Crippen LogP contribution in [0.1, 0.15) is 29.9 Å². The smallest absolute Gasteiger partial charge is 0.310 e. The lowest BCUT2D eigenvalue weighted by Crippen LogP contribution is -2.39. The molecule has 0 aromatic heterocycles. The molecule has 88 valence electrons. The minimum Gasteiger partial charge on any atom is -0.481 e. The Morgan fingerprint density at radius 2 is 2.19 bits per heavy atom. The van der Waals surface area contributed by atoms with Gasteiger partial charge < -0.3 is 10.4 Å². The molecule has 0 aliphatic carbocycles. The Bertz CT molecular complexity index is 377. The van der Waals surface area contributed by atoms with Gasteiger partial charge in [0.2, 0.25) is 0 Å². The maximum absolute atomic E-state index is 10.9. The molecular weight excluding hydrogens is 226 g/mol. The maximum Gasteiger partial charge on any atom is 0.310 e. The first-order valence-electron chi connectivity index (χ1n) is 5.22. The Morgan fingerprint density at radius 1 is 1.50 bits per heavy atom. The molecule has 0 radical (unpaired) electrons. The third-order valence-corrected chi connectivity index (χ3v) is 3.03. The maximum atomic E-state index is 10.9. The van der Waals surface area contributed by atoms with E-state index in [1.165, 1.54) is 5.56 Å². The van der Waals surface area contributed by atoms with Crippen LogP contribution >= 0.6 is 12.4 Å². The number of benzene rings is 1. The number of carboxylic acid groups (broad SMARTS) is 1. The molecule has 1 atom stereocenters. The fourth-order valence-electron chi connectivity index (χ4n) is 1.75. The number of rotatable bonds is 3. The van der Waals surface area contributed by atoms with Crippen LogP contribution in [0.2, 0.25) is 0 Å². The topological polar surface area (TPSA) is 49.3 Å². The van der Waals surface area contributed by atoms with Crippen LogP contribution in [0.15, 0.2) is 24.3 Å². The van der Waals surface area contributed by atoms with E-state index in [0.717, 1.165) is 18.7 Å². The van der Waals surface area contributed by atoms with Crippen molar-refractivity contribution in [2.45, 2.75) is 18.8 Å². The van der Waals surface area contributed by atoms with E-state index in [0.29, 0.717) is 5.92 Å². The highest BCUT2D eigenvalue weighted by molar-refractivity contribution is 5.85. The Balaban J connectivity index is 0.00000128. The first-order valence-corrected chi connectivity index (χ1v) is 5.22. The van der Waals surface area contributed by atoms with Crippen molar-refractivity contribution in [3.05, 3.63) is 35.4 Å². The summed E-state index contributed by atoms with van der Waals surface area (Å²) < 4.78 is 0. The zero-order valence-electron chi connectivity index (χ0n) is 9.14. The van der Waals surface area contributed by atoms with Crippen molar-refractivity contribution in [2.75, 3.05) is 13.1 Å². The lowest BCUT2D eigenvalue weighted by molar-refractivity contribution is -0.138. The summed E-state index contributed by atoms with van der Waals surface area (Å²) in [5.74, 6) is -0.622. The molecule has 1 aliphatic rings. The van der Waals surface area contributed by atoms with Crippen LogP contribution in [0.4, 0.5) is 0 Å². The van der Waals surface area contributed by atoms with Gasteiger partial charge in [0.15, 0.2) is 0 Å². The molecule has 0 spiro atoms. The van der Waals surface area contributed by atoms with Crippen molar-refractivity contribution < 1.29 is 9.90 Å². The largest absolute Gasteiger partial charge is 0.481 e. The second-order valence-corrected chi connectivity index (χ2v) is 4.09. The molecule has 4 heteroatoms. The molecule has 0 saturated carbocycles. The molecule has 1 heterocycles. The van der Waals surface area contributed by atoms with Crippen LogP contribution in [0.3, 0.4) is 0 Å². The average molecular weight is 242 g/mol. The molecule has 2 rings (SSSR count). The normalized spacial score (nSPS) is 17.1. The van der Waals surface area contributed by atoms with Crippen LogP contribution in [-0.4, -0.2) is 24.2 Å².